The first-order valence-corrected chi connectivity index (χ1v) is 8.30. The molecule has 0 aliphatic heterocycles. The van der Waals surface area contributed by atoms with E-state index in [1.165, 1.54) is 21.1 Å². The van der Waals surface area contributed by atoms with Crippen LogP contribution in [0.1, 0.15) is 11.3 Å². The van der Waals surface area contributed by atoms with Crippen LogP contribution in [0.15, 0.2) is 23.1 Å². The van der Waals surface area contributed by atoms with Gasteiger partial charge in [-0.05, 0) is 19.1 Å². The molecule has 1 heterocycles. The van der Waals surface area contributed by atoms with E-state index in [-0.39, 0.29) is 27.2 Å². The Labute approximate surface area is 141 Å². The summed E-state index contributed by atoms with van der Waals surface area (Å²) in [6.45, 7) is 1.42. The number of nitrogens with one attached hydrogen (secondary N) is 1. The highest BCUT2D eigenvalue weighted by molar-refractivity contribution is 7.92. The molecule has 0 spiro atoms. The third-order valence-corrected chi connectivity index (χ3v) is 5.17. The summed E-state index contributed by atoms with van der Waals surface area (Å²) < 4.78 is 71.6. The maximum atomic E-state index is 12.9. The maximum Gasteiger partial charge on any atom is 0.416 e. The molecule has 0 amide bonds. The van der Waals surface area contributed by atoms with E-state index in [1.54, 1.807) is 0 Å². The number of aromatic nitrogens is 2. The number of methoxy groups -OCH3 is 1. The summed E-state index contributed by atoms with van der Waals surface area (Å²) in [5.74, 6) is -0.142. The van der Waals surface area contributed by atoms with E-state index in [1.807, 2.05) is 0 Å². The quantitative estimate of drug-likeness (QED) is 0.879. The van der Waals surface area contributed by atoms with Crippen LogP contribution >= 0.6 is 11.6 Å². The summed E-state index contributed by atoms with van der Waals surface area (Å²) in [7, 11) is -1.61. The van der Waals surface area contributed by atoms with Gasteiger partial charge in [-0.25, -0.2) is 8.42 Å². The van der Waals surface area contributed by atoms with Gasteiger partial charge in [-0.2, -0.15) is 18.3 Å². The van der Waals surface area contributed by atoms with Crippen molar-refractivity contribution in [1.82, 2.24) is 9.78 Å². The summed E-state index contributed by atoms with van der Waals surface area (Å²) in [5.41, 5.74) is -1.23. The molecule has 0 fully saturated rings. The molecule has 1 aromatic heterocycles. The number of hydrogen-bond donors (Lipinski definition) is 1. The van der Waals surface area contributed by atoms with Gasteiger partial charge in [-0.3, -0.25) is 9.40 Å². The molecule has 0 saturated heterocycles. The van der Waals surface area contributed by atoms with Crippen LogP contribution in [0.3, 0.4) is 0 Å². The Morgan fingerprint density at radius 1 is 1.29 bits per heavy atom. The molecule has 0 radical (unpaired) electrons. The van der Waals surface area contributed by atoms with E-state index in [2.05, 4.69) is 9.82 Å². The number of rotatable bonds is 4. The largest absolute Gasteiger partial charge is 0.497 e. The highest BCUT2D eigenvalue weighted by Crippen LogP contribution is 2.35. The van der Waals surface area contributed by atoms with Crippen molar-refractivity contribution in [2.75, 3.05) is 11.8 Å². The first-order valence-electron chi connectivity index (χ1n) is 6.44. The number of halogens is 4. The molecule has 0 unspecified atom stereocenters. The van der Waals surface area contributed by atoms with Crippen LogP contribution in [0, 0.1) is 6.92 Å². The van der Waals surface area contributed by atoms with Gasteiger partial charge >= 0.3 is 6.18 Å². The molecule has 1 aromatic carbocycles. The zero-order valence-electron chi connectivity index (χ0n) is 12.8. The van der Waals surface area contributed by atoms with Crippen LogP contribution in [0.2, 0.25) is 5.15 Å². The zero-order chi connectivity index (χ0) is 18.3. The smallest absolute Gasteiger partial charge is 0.416 e. The van der Waals surface area contributed by atoms with Gasteiger partial charge in [0, 0.05) is 13.1 Å². The molecule has 0 bridgehead atoms. The number of hydrogen-bond acceptors (Lipinski definition) is 4. The molecule has 0 atom stereocenters. The van der Waals surface area contributed by atoms with E-state index in [9.17, 15) is 21.6 Å². The van der Waals surface area contributed by atoms with Crippen molar-refractivity contribution < 1.29 is 26.3 Å². The average Bonchev–Trinajstić information content (AvgIpc) is 2.70. The SMILES string of the molecule is COc1cc(NS(=O)(=O)c2c(C)nn(C)c2Cl)cc(C(F)(F)F)c1. The van der Waals surface area contributed by atoms with Gasteiger partial charge in [0.15, 0.2) is 0 Å². The second-order valence-electron chi connectivity index (χ2n) is 4.88. The van der Waals surface area contributed by atoms with Gasteiger partial charge in [0.1, 0.15) is 15.8 Å². The maximum absolute atomic E-state index is 12.9. The molecule has 1 N–H and O–H groups in total. The molecular formula is C13H13ClF3N3O3S. The van der Waals surface area contributed by atoms with E-state index < -0.39 is 21.8 Å². The molecule has 132 valence electrons. The number of ether oxygens (including phenoxy) is 1. The fourth-order valence-corrected chi connectivity index (χ4v) is 3.85. The second kappa shape index (κ2) is 6.17. The number of alkyl halides is 3. The highest BCUT2D eigenvalue weighted by Gasteiger charge is 2.32. The van der Waals surface area contributed by atoms with Crippen LogP contribution in [0.5, 0.6) is 5.75 Å². The van der Waals surface area contributed by atoms with Crippen LogP contribution in [-0.4, -0.2) is 25.3 Å². The zero-order valence-corrected chi connectivity index (χ0v) is 14.3. The molecule has 0 aliphatic carbocycles. The van der Waals surface area contributed by atoms with E-state index in [0.717, 1.165) is 16.8 Å². The fraction of sp³-hybridized carbons (Fsp3) is 0.308. The van der Waals surface area contributed by atoms with Crippen molar-refractivity contribution in [3.05, 3.63) is 34.6 Å². The van der Waals surface area contributed by atoms with E-state index in [0.29, 0.717) is 6.07 Å². The lowest BCUT2D eigenvalue weighted by molar-refractivity contribution is -0.137. The fourth-order valence-electron chi connectivity index (χ4n) is 2.06. The Morgan fingerprint density at radius 3 is 2.38 bits per heavy atom. The number of nitrogens with zero attached hydrogens (tertiary/aromatic N) is 2. The number of sulfonamides is 1. The summed E-state index contributed by atoms with van der Waals surface area (Å²) in [6, 6.07) is 2.56. The minimum atomic E-state index is -4.66. The van der Waals surface area contributed by atoms with Crippen molar-refractivity contribution in [3.8, 4) is 5.75 Å². The highest BCUT2D eigenvalue weighted by atomic mass is 35.5. The molecule has 2 rings (SSSR count). The predicted molar refractivity (Wildman–Crippen MR) is 81.8 cm³/mol. The monoisotopic (exact) mass is 383 g/mol. The predicted octanol–water partition coefficient (Wildman–Crippen LogP) is 3.21. The van der Waals surface area contributed by atoms with Crippen LogP contribution < -0.4 is 9.46 Å². The van der Waals surface area contributed by atoms with Crippen molar-refractivity contribution in [2.24, 2.45) is 7.05 Å². The molecule has 6 nitrogen and oxygen atoms in total. The number of aryl methyl sites for hydroxylation is 2. The summed E-state index contributed by atoms with van der Waals surface area (Å²) in [6.07, 6.45) is -4.66. The van der Waals surface area contributed by atoms with Crippen LogP contribution in [0.25, 0.3) is 0 Å². The van der Waals surface area contributed by atoms with Crippen LogP contribution in [0.4, 0.5) is 18.9 Å². The van der Waals surface area contributed by atoms with Gasteiger partial charge in [-0.15, -0.1) is 0 Å². The molecule has 11 heteroatoms. The third-order valence-electron chi connectivity index (χ3n) is 3.09. The molecule has 2 aromatic rings. The lowest BCUT2D eigenvalue weighted by atomic mass is 10.2. The van der Waals surface area contributed by atoms with Gasteiger partial charge in [0.25, 0.3) is 10.0 Å². The normalized spacial score (nSPS) is 12.3. The minimum Gasteiger partial charge on any atom is -0.497 e. The summed E-state index contributed by atoms with van der Waals surface area (Å²) >= 11 is 5.90. The van der Waals surface area contributed by atoms with Gasteiger partial charge < -0.3 is 4.74 Å². The lowest BCUT2D eigenvalue weighted by Crippen LogP contribution is -2.15. The van der Waals surface area contributed by atoms with Crippen molar-refractivity contribution in [2.45, 2.75) is 18.0 Å². The van der Waals surface area contributed by atoms with Crippen molar-refractivity contribution in [3.63, 3.8) is 0 Å². The van der Waals surface area contributed by atoms with E-state index in [4.69, 9.17) is 16.3 Å². The van der Waals surface area contributed by atoms with Gasteiger partial charge in [0.05, 0.1) is 24.1 Å². The second-order valence-corrected chi connectivity index (χ2v) is 6.86. The molecule has 0 aliphatic rings. The number of anilines is 1. The van der Waals surface area contributed by atoms with Crippen molar-refractivity contribution >= 4 is 27.3 Å². The molecule has 24 heavy (non-hydrogen) atoms. The Balaban J connectivity index is 2.50. The lowest BCUT2D eigenvalue weighted by Gasteiger charge is -2.13. The first-order chi connectivity index (χ1) is 11.0. The van der Waals surface area contributed by atoms with E-state index >= 15 is 0 Å². The topological polar surface area (TPSA) is 73.2 Å². The number of benzene rings is 1. The minimum absolute atomic E-state index is 0.119. The Morgan fingerprint density at radius 2 is 1.92 bits per heavy atom. The Hall–Kier alpha value is -1.94. The average molecular weight is 384 g/mol. The third kappa shape index (κ3) is 3.59. The van der Waals surface area contributed by atoms with Gasteiger partial charge in [-0.1, -0.05) is 11.6 Å². The summed E-state index contributed by atoms with van der Waals surface area (Å²) in [4.78, 5) is -0.303. The Bertz CT molecular complexity index is 879. The first kappa shape index (κ1) is 18.4. The standard InChI is InChI=1S/C13H13ClF3N3O3S/c1-7-11(12(14)20(2)18-7)24(21,22)19-9-4-8(13(15,16)17)5-10(6-9)23-3/h4-6,19H,1-3H3. The van der Waals surface area contributed by atoms with Crippen LogP contribution in [-0.2, 0) is 23.2 Å². The Kier molecular flexibility index (Phi) is 4.73. The van der Waals surface area contributed by atoms with Crippen molar-refractivity contribution in [1.29, 1.82) is 0 Å². The summed E-state index contributed by atoms with van der Waals surface area (Å²) in [5, 5.41) is 3.72. The molecule has 0 saturated carbocycles. The van der Waals surface area contributed by atoms with Gasteiger partial charge in [0.2, 0.25) is 0 Å². The molecular weight excluding hydrogens is 371 g/mol.